The van der Waals surface area contributed by atoms with Crippen LogP contribution in [0, 0.1) is 0 Å². The molecule has 17 heteroatoms. The topological polar surface area (TPSA) is 186 Å². The number of imidazole rings is 1. The number of amides is 5. The Morgan fingerprint density at radius 3 is 2.28 bits per heavy atom. The van der Waals surface area contributed by atoms with Crippen molar-refractivity contribution in [3.8, 4) is 0 Å². The summed E-state index contributed by atoms with van der Waals surface area (Å²) >= 11 is 0. The number of imide groups is 2. The Hall–Kier alpha value is -5.49. The van der Waals surface area contributed by atoms with Crippen LogP contribution in [0.15, 0.2) is 54.7 Å². The number of rotatable bonds is 17. The van der Waals surface area contributed by atoms with E-state index in [9.17, 15) is 24.0 Å². The first-order valence-corrected chi connectivity index (χ1v) is 18.0. The molecule has 2 N–H and O–H groups in total. The molecule has 3 aliphatic heterocycles. The van der Waals surface area contributed by atoms with Crippen molar-refractivity contribution in [2.75, 3.05) is 95.8 Å². The van der Waals surface area contributed by atoms with E-state index in [1.165, 1.54) is 0 Å². The largest absolute Gasteiger partial charge is 0.382 e. The summed E-state index contributed by atoms with van der Waals surface area (Å²) in [5.74, 6) is -0.740. The highest BCUT2D eigenvalue weighted by Gasteiger charge is 2.45. The molecule has 2 saturated heterocycles. The van der Waals surface area contributed by atoms with Gasteiger partial charge in [0.1, 0.15) is 18.5 Å². The number of aromatic nitrogens is 3. The summed E-state index contributed by atoms with van der Waals surface area (Å²) < 4.78 is 24.2. The van der Waals surface area contributed by atoms with Crippen molar-refractivity contribution in [1.82, 2.24) is 29.5 Å². The van der Waals surface area contributed by atoms with Crippen LogP contribution in [0.25, 0.3) is 16.8 Å². The van der Waals surface area contributed by atoms with E-state index in [4.69, 9.17) is 23.9 Å². The zero-order chi connectivity index (χ0) is 37.4. The highest BCUT2D eigenvalue weighted by molar-refractivity contribution is 6.25. The fourth-order valence-electron chi connectivity index (χ4n) is 6.73. The number of fused-ring (bicyclic) bond motifs is 4. The maximum Gasteiger partial charge on any atom is 0.264 e. The Kier molecular flexibility index (Phi) is 11.7. The average Bonchev–Trinajstić information content (AvgIpc) is 3.68. The highest BCUT2D eigenvalue weighted by Crippen LogP contribution is 2.32. The number of carbonyl (C=O) groups is 5. The number of anilines is 2. The van der Waals surface area contributed by atoms with Crippen LogP contribution < -0.4 is 15.5 Å². The molecule has 0 aliphatic carbocycles. The normalized spacial score (nSPS) is 17.5. The van der Waals surface area contributed by atoms with Gasteiger partial charge in [0.05, 0.1) is 68.4 Å². The first-order valence-electron chi connectivity index (χ1n) is 18.0. The molecular weight excluding hydrogens is 700 g/mol. The van der Waals surface area contributed by atoms with Crippen LogP contribution in [0.5, 0.6) is 0 Å². The summed E-state index contributed by atoms with van der Waals surface area (Å²) in [5, 5.41) is 5.33. The van der Waals surface area contributed by atoms with Crippen LogP contribution in [0.1, 0.15) is 33.6 Å². The molecule has 2 fully saturated rings. The quantitative estimate of drug-likeness (QED) is 0.116. The maximum absolute atomic E-state index is 13.2. The second-order valence-corrected chi connectivity index (χ2v) is 12.9. The Morgan fingerprint density at radius 1 is 0.796 bits per heavy atom. The van der Waals surface area contributed by atoms with E-state index in [0.29, 0.717) is 90.4 Å². The van der Waals surface area contributed by atoms with E-state index in [-0.39, 0.29) is 36.5 Å². The lowest BCUT2D eigenvalue weighted by Gasteiger charge is -2.35. The minimum Gasteiger partial charge on any atom is -0.382 e. The number of hydrogen-bond donors (Lipinski definition) is 2. The zero-order valence-corrected chi connectivity index (χ0v) is 29.7. The van der Waals surface area contributed by atoms with Gasteiger partial charge >= 0.3 is 0 Å². The van der Waals surface area contributed by atoms with Crippen molar-refractivity contribution >= 4 is 57.9 Å². The summed E-state index contributed by atoms with van der Waals surface area (Å²) in [7, 11) is 0. The number of nitrogens with one attached hydrogen (secondary N) is 2. The van der Waals surface area contributed by atoms with E-state index < -0.39 is 29.7 Å². The van der Waals surface area contributed by atoms with Crippen molar-refractivity contribution in [2.45, 2.75) is 18.9 Å². The molecule has 54 heavy (non-hydrogen) atoms. The average molecular weight is 743 g/mol. The van der Waals surface area contributed by atoms with Crippen LogP contribution >= 0.6 is 0 Å². The minimum atomic E-state index is -1.02. The van der Waals surface area contributed by atoms with Crippen LogP contribution in [-0.4, -0.2) is 145 Å². The zero-order valence-electron chi connectivity index (χ0n) is 29.7. The van der Waals surface area contributed by atoms with E-state index in [1.54, 1.807) is 23.1 Å². The third kappa shape index (κ3) is 8.18. The molecule has 5 amide bonds. The van der Waals surface area contributed by atoms with Crippen molar-refractivity contribution in [3.63, 3.8) is 0 Å². The van der Waals surface area contributed by atoms with Gasteiger partial charge in [-0.05, 0) is 36.8 Å². The van der Waals surface area contributed by atoms with E-state index in [2.05, 4.69) is 20.5 Å². The molecule has 2 aromatic heterocycles. The van der Waals surface area contributed by atoms with Gasteiger partial charge in [-0.2, -0.15) is 4.98 Å². The van der Waals surface area contributed by atoms with E-state index in [1.807, 2.05) is 40.9 Å². The summed E-state index contributed by atoms with van der Waals surface area (Å²) in [6.07, 6.45) is 2.15. The first-order chi connectivity index (χ1) is 26.4. The predicted octanol–water partition coefficient (Wildman–Crippen LogP) is 1.11. The predicted molar refractivity (Wildman–Crippen MR) is 194 cm³/mol. The molecule has 3 aliphatic rings. The van der Waals surface area contributed by atoms with Crippen molar-refractivity contribution in [3.05, 3.63) is 65.9 Å². The van der Waals surface area contributed by atoms with Gasteiger partial charge < -0.3 is 34.1 Å². The van der Waals surface area contributed by atoms with Crippen molar-refractivity contribution in [1.29, 1.82) is 0 Å². The summed E-state index contributed by atoms with van der Waals surface area (Å²) in [6, 6.07) is 13.8. The van der Waals surface area contributed by atoms with Gasteiger partial charge in [-0.3, -0.25) is 38.6 Å². The minimum absolute atomic E-state index is 0.00108. The van der Waals surface area contributed by atoms with Gasteiger partial charge in [-0.1, -0.05) is 18.2 Å². The van der Waals surface area contributed by atoms with Crippen LogP contribution in [0.2, 0.25) is 0 Å². The number of hydrogen-bond acceptors (Lipinski definition) is 13. The summed E-state index contributed by atoms with van der Waals surface area (Å²) in [4.78, 5) is 77.0. The molecular formula is C37H42N8O9. The molecule has 0 radical (unpaired) electrons. The number of nitrogens with zero attached hydrogens (tertiary/aromatic N) is 6. The second kappa shape index (κ2) is 17.1. The Labute approximate surface area is 310 Å². The molecule has 0 bridgehead atoms. The summed E-state index contributed by atoms with van der Waals surface area (Å²) in [5.41, 5.74) is 2.81. The smallest absolute Gasteiger partial charge is 0.264 e. The second-order valence-electron chi connectivity index (χ2n) is 12.9. The SMILES string of the molecule is O=C1CCC(N2C(=O)c3cccc(NCCOCCOCCOCCOCC(=O)N4CCN(c5ccn6c(n5)nc5ccccc56)CC4)c3C2=O)C(=O)N1. The van der Waals surface area contributed by atoms with Crippen molar-refractivity contribution in [2.24, 2.45) is 0 Å². The molecule has 0 spiro atoms. The summed E-state index contributed by atoms with van der Waals surface area (Å²) in [6.45, 7) is 5.32. The van der Waals surface area contributed by atoms with Gasteiger partial charge in [0, 0.05) is 51.0 Å². The third-order valence-corrected chi connectivity index (χ3v) is 9.49. The molecule has 4 aromatic rings. The van der Waals surface area contributed by atoms with Gasteiger partial charge in [0.25, 0.3) is 11.8 Å². The molecule has 2 aromatic carbocycles. The van der Waals surface area contributed by atoms with Gasteiger partial charge in [-0.25, -0.2) is 4.98 Å². The number of benzene rings is 2. The number of ether oxygens (including phenoxy) is 4. The van der Waals surface area contributed by atoms with Gasteiger partial charge in [0.2, 0.25) is 23.5 Å². The van der Waals surface area contributed by atoms with Crippen LogP contribution in [-0.2, 0) is 33.3 Å². The lowest BCUT2D eigenvalue weighted by Crippen LogP contribution is -2.54. The van der Waals surface area contributed by atoms with Gasteiger partial charge in [-0.15, -0.1) is 0 Å². The number of piperazine rings is 1. The molecule has 17 nitrogen and oxygen atoms in total. The molecule has 7 rings (SSSR count). The molecule has 1 unspecified atom stereocenters. The van der Waals surface area contributed by atoms with E-state index >= 15 is 0 Å². The van der Waals surface area contributed by atoms with Gasteiger partial charge in [0.15, 0.2) is 0 Å². The lowest BCUT2D eigenvalue weighted by molar-refractivity contribution is -0.137. The Bertz CT molecular complexity index is 2030. The number of carbonyl (C=O) groups excluding carboxylic acids is 5. The monoisotopic (exact) mass is 742 g/mol. The third-order valence-electron chi connectivity index (χ3n) is 9.49. The van der Waals surface area contributed by atoms with Crippen molar-refractivity contribution < 1.29 is 42.9 Å². The van der Waals surface area contributed by atoms with Crippen LogP contribution in [0.3, 0.4) is 0 Å². The molecule has 5 heterocycles. The standard InChI is InChI=1S/C37H42N8O9/c46-31-9-8-29(34(48)41-31)45-35(49)25-4-3-6-27(33(25)36(45)50)38-11-17-51-18-19-52-20-21-53-22-23-54-24-32(47)43-15-13-42(14-16-43)30-10-12-44-28-7-2-1-5-26(28)39-37(44)40-30/h1-7,10,12,29,38H,8-9,11,13-24H2,(H,41,46,48). The fraction of sp³-hybridized carbons (Fsp3) is 0.432. The number of para-hydroxylation sites is 2. The maximum atomic E-state index is 13.2. The Balaban J connectivity index is 0.701. The highest BCUT2D eigenvalue weighted by atomic mass is 16.6. The van der Waals surface area contributed by atoms with Crippen LogP contribution in [0.4, 0.5) is 11.5 Å². The first kappa shape index (κ1) is 36.9. The van der Waals surface area contributed by atoms with E-state index in [0.717, 1.165) is 21.8 Å². The Morgan fingerprint density at radius 2 is 1.52 bits per heavy atom. The molecule has 1 atom stereocenters. The number of piperidine rings is 1. The molecule has 0 saturated carbocycles. The molecule has 284 valence electrons. The fourth-order valence-corrected chi connectivity index (χ4v) is 6.73. The lowest BCUT2D eigenvalue weighted by atomic mass is 10.0.